The van der Waals surface area contributed by atoms with Gasteiger partial charge in [-0.05, 0) is 55.9 Å². The summed E-state index contributed by atoms with van der Waals surface area (Å²) in [5.74, 6) is 1.24. The van der Waals surface area contributed by atoms with Crippen LogP contribution in [0.4, 0.5) is 0 Å². The lowest BCUT2D eigenvalue weighted by Crippen LogP contribution is -2.41. The number of ether oxygens (including phenoxy) is 2. The summed E-state index contributed by atoms with van der Waals surface area (Å²) in [6.07, 6.45) is 10.3. The fraction of sp³-hybridized carbons (Fsp3) is 0.913. The number of nitrogens with zero attached hydrogens (tertiary/aromatic N) is 1. The Morgan fingerprint density at radius 2 is 1.88 bits per heavy atom. The molecule has 26 heavy (non-hydrogen) atoms. The number of hydrogen-bond donors (Lipinski definition) is 0. The van der Waals surface area contributed by atoms with Gasteiger partial charge in [0.25, 0.3) is 0 Å². The standard InChI is InChI=1S/C23H43NO2/c1-7-9-16-24(15-8-2)17-12-21-18-25-23(26-21)13-10-20(11-14-23)22(5,6)19(3)4/h7,19-21H,1,8-18H2,2-6H3. The van der Waals surface area contributed by atoms with Crippen LogP contribution in [0.15, 0.2) is 12.7 Å². The molecule has 1 aliphatic heterocycles. The first kappa shape index (κ1) is 21.9. The van der Waals surface area contributed by atoms with Crippen LogP contribution in [0.1, 0.15) is 79.6 Å². The minimum atomic E-state index is -0.273. The zero-order chi connectivity index (χ0) is 19.2. The third-order valence-corrected chi connectivity index (χ3v) is 7.16. The quantitative estimate of drug-likeness (QED) is 0.467. The topological polar surface area (TPSA) is 21.7 Å². The van der Waals surface area contributed by atoms with Crippen molar-refractivity contribution in [3.8, 4) is 0 Å². The van der Waals surface area contributed by atoms with Gasteiger partial charge in [-0.3, -0.25) is 0 Å². The Balaban J connectivity index is 1.78. The molecule has 1 atom stereocenters. The molecule has 0 aromatic rings. The molecule has 2 aliphatic rings. The Hall–Kier alpha value is -0.380. The monoisotopic (exact) mass is 365 g/mol. The van der Waals surface area contributed by atoms with Gasteiger partial charge in [0.1, 0.15) is 0 Å². The fourth-order valence-corrected chi connectivity index (χ4v) is 4.55. The summed E-state index contributed by atoms with van der Waals surface area (Å²) < 4.78 is 12.7. The highest BCUT2D eigenvalue weighted by atomic mass is 16.7. The van der Waals surface area contributed by atoms with Crippen molar-refractivity contribution in [2.45, 2.75) is 91.5 Å². The first-order valence-electron chi connectivity index (χ1n) is 11.0. The summed E-state index contributed by atoms with van der Waals surface area (Å²) in [5.41, 5.74) is 0.408. The van der Waals surface area contributed by atoms with E-state index in [-0.39, 0.29) is 11.9 Å². The van der Waals surface area contributed by atoms with Gasteiger partial charge in [0.15, 0.2) is 5.79 Å². The van der Waals surface area contributed by atoms with Gasteiger partial charge in [0.2, 0.25) is 0 Å². The van der Waals surface area contributed by atoms with Crippen LogP contribution < -0.4 is 0 Å². The van der Waals surface area contributed by atoms with Crippen molar-refractivity contribution < 1.29 is 9.47 Å². The maximum Gasteiger partial charge on any atom is 0.168 e. The van der Waals surface area contributed by atoms with Crippen molar-refractivity contribution in [3.63, 3.8) is 0 Å². The average molecular weight is 366 g/mol. The molecule has 0 N–H and O–H groups in total. The fourth-order valence-electron chi connectivity index (χ4n) is 4.55. The zero-order valence-corrected chi connectivity index (χ0v) is 18.1. The molecule has 3 nitrogen and oxygen atoms in total. The second-order valence-corrected chi connectivity index (χ2v) is 9.42. The van der Waals surface area contributed by atoms with Gasteiger partial charge < -0.3 is 14.4 Å². The summed E-state index contributed by atoms with van der Waals surface area (Å²) in [6, 6.07) is 0. The van der Waals surface area contributed by atoms with E-state index in [9.17, 15) is 0 Å². The van der Waals surface area contributed by atoms with Crippen LogP contribution in [0.5, 0.6) is 0 Å². The second kappa shape index (κ2) is 9.71. The van der Waals surface area contributed by atoms with E-state index in [1.165, 1.54) is 25.8 Å². The smallest absolute Gasteiger partial charge is 0.168 e. The molecule has 0 radical (unpaired) electrons. The van der Waals surface area contributed by atoms with Gasteiger partial charge in [-0.2, -0.15) is 0 Å². The minimum Gasteiger partial charge on any atom is -0.347 e. The number of rotatable bonds is 10. The molecule has 1 heterocycles. The Labute approximate surface area is 162 Å². The van der Waals surface area contributed by atoms with Crippen LogP contribution in [0.3, 0.4) is 0 Å². The van der Waals surface area contributed by atoms with Crippen molar-refractivity contribution in [3.05, 3.63) is 12.7 Å². The van der Waals surface area contributed by atoms with Gasteiger partial charge in [-0.15, -0.1) is 6.58 Å². The van der Waals surface area contributed by atoms with Crippen LogP contribution in [-0.4, -0.2) is 43.0 Å². The van der Waals surface area contributed by atoms with E-state index in [2.05, 4.69) is 46.1 Å². The van der Waals surface area contributed by atoms with E-state index in [0.717, 1.165) is 57.2 Å². The molecule has 1 unspecified atom stereocenters. The molecule has 0 aromatic carbocycles. The highest BCUT2D eigenvalue weighted by Gasteiger charge is 2.47. The third kappa shape index (κ3) is 5.56. The average Bonchev–Trinajstić information content (AvgIpc) is 3.00. The Kier molecular flexibility index (Phi) is 8.18. The van der Waals surface area contributed by atoms with Gasteiger partial charge in [-0.1, -0.05) is 40.7 Å². The normalized spacial score (nSPS) is 29.8. The minimum absolute atomic E-state index is 0.271. The van der Waals surface area contributed by atoms with E-state index in [1.54, 1.807) is 0 Å². The third-order valence-electron chi connectivity index (χ3n) is 7.16. The molecule has 1 saturated heterocycles. The molecule has 0 aromatic heterocycles. The van der Waals surface area contributed by atoms with Crippen molar-refractivity contribution >= 4 is 0 Å². The molecule has 1 aliphatic carbocycles. The molecule has 1 spiro atoms. The summed E-state index contributed by atoms with van der Waals surface area (Å²) in [4.78, 5) is 2.54. The van der Waals surface area contributed by atoms with E-state index in [4.69, 9.17) is 9.47 Å². The zero-order valence-electron chi connectivity index (χ0n) is 18.1. The van der Waals surface area contributed by atoms with E-state index < -0.39 is 0 Å². The molecule has 2 rings (SSSR count). The highest BCUT2D eigenvalue weighted by molar-refractivity contribution is 4.91. The van der Waals surface area contributed by atoms with Gasteiger partial charge in [0, 0.05) is 25.9 Å². The van der Waals surface area contributed by atoms with Crippen LogP contribution in [0.25, 0.3) is 0 Å². The van der Waals surface area contributed by atoms with Crippen LogP contribution in [0, 0.1) is 17.3 Å². The van der Waals surface area contributed by atoms with Gasteiger partial charge >= 0.3 is 0 Å². The van der Waals surface area contributed by atoms with Gasteiger partial charge in [-0.25, -0.2) is 0 Å². The SMILES string of the molecule is C=CCCN(CCC)CCC1COC2(CCC(C(C)(C)C(C)C)CC2)O1. The predicted octanol–water partition coefficient (Wildman–Crippen LogP) is 5.65. The summed E-state index contributed by atoms with van der Waals surface area (Å²) >= 11 is 0. The Bertz CT molecular complexity index is 424. The van der Waals surface area contributed by atoms with Crippen LogP contribution in [-0.2, 0) is 9.47 Å². The lowest BCUT2D eigenvalue weighted by molar-refractivity contribution is -0.198. The van der Waals surface area contributed by atoms with Crippen molar-refractivity contribution in [1.82, 2.24) is 4.90 Å². The Morgan fingerprint density at radius 1 is 1.19 bits per heavy atom. The molecule has 1 saturated carbocycles. The highest BCUT2D eigenvalue weighted by Crippen LogP contribution is 2.48. The summed E-state index contributed by atoms with van der Waals surface area (Å²) in [6.45, 7) is 19.9. The lowest BCUT2D eigenvalue weighted by Gasteiger charge is -2.44. The molecular formula is C23H43NO2. The maximum absolute atomic E-state index is 6.48. The van der Waals surface area contributed by atoms with Crippen molar-refractivity contribution in [1.29, 1.82) is 0 Å². The molecule has 0 amide bonds. The molecule has 152 valence electrons. The van der Waals surface area contributed by atoms with E-state index in [0.29, 0.717) is 5.41 Å². The first-order valence-corrected chi connectivity index (χ1v) is 11.0. The van der Waals surface area contributed by atoms with E-state index in [1.807, 2.05) is 6.08 Å². The Morgan fingerprint density at radius 3 is 2.46 bits per heavy atom. The van der Waals surface area contributed by atoms with E-state index >= 15 is 0 Å². The second-order valence-electron chi connectivity index (χ2n) is 9.42. The van der Waals surface area contributed by atoms with Gasteiger partial charge in [0.05, 0.1) is 12.7 Å². The number of hydrogen-bond acceptors (Lipinski definition) is 3. The first-order chi connectivity index (χ1) is 12.3. The van der Waals surface area contributed by atoms with Crippen molar-refractivity contribution in [2.75, 3.05) is 26.2 Å². The maximum atomic E-state index is 6.48. The lowest BCUT2D eigenvalue weighted by atomic mass is 9.64. The van der Waals surface area contributed by atoms with Crippen LogP contribution in [0.2, 0.25) is 0 Å². The summed E-state index contributed by atoms with van der Waals surface area (Å²) in [5, 5.41) is 0. The molecule has 2 fully saturated rings. The predicted molar refractivity (Wildman–Crippen MR) is 110 cm³/mol. The largest absolute Gasteiger partial charge is 0.347 e. The van der Waals surface area contributed by atoms with Crippen molar-refractivity contribution in [2.24, 2.45) is 17.3 Å². The molecule has 0 bridgehead atoms. The molecular weight excluding hydrogens is 322 g/mol. The van der Waals surface area contributed by atoms with Crippen LogP contribution >= 0.6 is 0 Å². The molecule has 3 heteroatoms. The summed E-state index contributed by atoms with van der Waals surface area (Å²) in [7, 11) is 0.